The van der Waals surface area contributed by atoms with Crippen LogP contribution in [0, 0.1) is 6.92 Å². The number of nitrogen functional groups attached to an aromatic ring is 1. The minimum Gasteiger partial charge on any atom is -0.399 e. The van der Waals surface area contributed by atoms with E-state index in [0.717, 1.165) is 16.8 Å². The van der Waals surface area contributed by atoms with Gasteiger partial charge < -0.3 is 20.8 Å². The van der Waals surface area contributed by atoms with Crippen molar-refractivity contribution in [3.05, 3.63) is 47.7 Å². The Bertz CT molecular complexity index is 509. The Morgan fingerprint density at radius 3 is 2.84 bits per heavy atom. The van der Waals surface area contributed by atoms with Crippen molar-refractivity contribution in [1.82, 2.24) is 0 Å². The third-order valence-electron chi connectivity index (χ3n) is 3.27. The van der Waals surface area contributed by atoms with Crippen molar-refractivity contribution in [3.8, 4) is 0 Å². The largest absolute Gasteiger partial charge is 0.399 e. The third kappa shape index (κ3) is 2.97. The minimum atomic E-state index is -0.682. The van der Waals surface area contributed by atoms with Gasteiger partial charge in [-0.15, -0.1) is 0 Å². The number of nitrogens with two attached hydrogens (primary N) is 1. The van der Waals surface area contributed by atoms with Gasteiger partial charge in [-0.1, -0.05) is 6.08 Å². The fourth-order valence-electron chi connectivity index (χ4n) is 2.28. The molecule has 1 atom stereocenters. The number of benzene rings is 1. The van der Waals surface area contributed by atoms with Gasteiger partial charge in [-0.2, -0.15) is 0 Å². The van der Waals surface area contributed by atoms with Crippen LogP contribution in [0.25, 0.3) is 0 Å². The summed E-state index contributed by atoms with van der Waals surface area (Å²) in [5.41, 5.74) is 9.33. The first kappa shape index (κ1) is 13.6. The van der Waals surface area contributed by atoms with E-state index < -0.39 is 6.23 Å². The van der Waals surface area contributed by atoms with Gasteiger partial charge in [0, 0.05) is 24.2 Å². The summed E-state index contributed by atoms with van der Waals surface area (Å²) in [6.07, 6.45) is 6.33. The Morgan fingerprint density at radius 2 is 2.16 bits per heavy atom. The molecular weight excluding hydrogens is 240 g/mol. The number of rotatable bonds is 4. The Labute approximate surface area is 113 Å². The first-order chi connectivity index (χ1) is 9.13. The summed E-state index contributed by atoms with van der Waals surface area (Å²) in [4.78, 5) is 1.82. The van der Waals surface area contributed by atoms with E-state index in [4.69, 9.17) is 10.8 Å². The molecule has 4 N–H and O–H groups in total. The first-order valence-corrected chi connectivity index (χ1v) is 6.44. The molecule has 0 amide bonds. The molecule has 0 spiro atoms. The van der Waals surface area contributed by atoms with Crippen molar-refractivity contribution in [2.45, 2.75) is 26.0 Å². The van der Waals surface area contributed by atoms with Crippen molar-refractivity contribution >= 4 is 11.4 Å². The molecule has 4 heteroatoms. The van der Waals surface area contributed by atoms with Crippen molar-refractivity contribution in [3.63, 3.8) is 0 Å². The molecule has 0 aliphatic carbocycles. The SMILES string of the molecule is Cc1cc(N)ccc1N1C=CC=C(CCCO)C1O. The van der Waals surface area contributed by atoms with Crippen molar-refractivity contribution in [2.24, 2.45) is 0 Å². The van der Waals surface area contributed by atoms with Crippen LogP contribution >= 0.6 is 0 Å². The van der Waals surface area contributed by atoms with Crippen LogP contribution in [-0.4, -0.2) is 23.0 Å². The Hall–Kier alpha value is -1.78. The molecule has 0 radical (unpaired) electrons. The average Bonchev–Trinajstić information content (AvgIpc) is 2.38. The monoisotopic (exact) mass is 260 g/mol. The predicted molar refractivity (Wildman–Crippen MR) is 77.6 cm³/mol. The molecule has 1 aliphatic rings. The molecule has 0 bridgehead atoms. The van der Waals surface area contributed by atoms with Gasteiger partial charge in [0.05, 0.1) is 0 Å². The van der Waals surface area contributed by atoms with Crippen LogP contribution in [0.4, 0.5) is 11.4 Å². The van der Waals surface area contributed by atoms with E-state index in [1.165, 1.54) is 0 Å². The highest BCUT2D eigenvalue weighted by molar-refractivity contribution is 5.62. The van der Waals surface area contributed by atoms with E-state index in [1.54, 1.807) is 0 Å². The van der Waals surface area contributed by atoms with E-state index in [9.17, 15) is 5.11 Å². The molecule has 1 aliphatic heterocycles. The second-order valence-electron chi connectivity index (χ2n) is 4.74. The summed E-state index contributed by atoms with van der Waals surface area (Å²) in [6.45, 7) is 2.10. The summed E-state index contributed by atoms with van der Waals surface area (Å²) >= 11 is 0. The Morgan fingerprint density at radius 1 is 1.37 bits per heavy atom. The summed E-state index contributed by atoms with van der Waals surface area (Å²) in [7, 11) is 0. The highest BCUT2D eigenvalue weighted by atomic mass is 16.3. The smallest absolute Gasteiger partial charge is 0.153 e. The van der Waals surface area contributed by atoms with Gasteiger partial charge in [0.2, 0.25) is 0 Å². The maximum absolute atomic E-state index is 10.4. The highest BCUT2D eigenvalue weighted by Crippen LogP contribution is 2.29. The zero-order valence-corrected chi connectivity index (χ0v) is 11.1. The number of aliphatic hydroxyl groups excluding tert-OH is 2. The molecule has 1 aromatic rings. The minimum absolute atomic E-state index is 0.134. The average molecular weight is 260 g/mol. The van der Waals surface area contributed by atoms with E-state index >= 15 is 0 Å². The van der Waals surface area contributed by atoms with Crippen molar-refractivity contribution in [2.75, 3.05) is 17.2 Å². The quantitative estimate of drug-likeness (QED) is 0.723. The summed E-state index contributed by atoms with van der Waals surface area (Å²) < 4.78 is 0. The second kappa shape index (κ2) is 5.91. The lowest BCUT2D eigenvalue weighted by molar-refractivity contribution is 0.205. The molecule has 4 nitrogen and oxygen atoms in total. The van der Waals surface area contributed by atoms with Gasteiger partial charge in [0.25, 0.3) is 0 Å². The molecule has 2 rings (SSSR count). The van der Waals surface area contributed by atoms with Gasteiger partial charge in [0.15, 0.2) is 6.23 Å². The molecular formula is C15H20N2O2. The van der Waals surface area contributed by atoms with Gasteiger partial charge in [-0.25, -0.2) is 0 Å². The van der Waals surface area contributed by atoms with Gasteiger partial charge in [0.1, 0.15) is 0 Å². The van der Waals surface area contributed by atoms with Gasteiger partial charge in [-0.3, -0.25) is 0 Å². The van der Waals surface area contributed by atoms with Crippen LogP contribution in [0.2, 0.25) is 0 Å². The van der Waals surface area contributed by atoms with Gasteiger partial charge >= 0.3 is 0 Å². The molecule has 0 aromatic heterocycles. The molecule has 1 heterocycles. The normalized spacial score (nSPS) is 18.6. The van der Waals surface area contributed by atoms with Crippen LogP contribution in [-0.2, 0) is 0 Å². The molecule has 1 aromatic carbocycles. The number of nitrogens with zero attached hydrogens (tertiary/aromatic N) is 1. The zero-order valence-electron chi connectivity index (χ0n) is 11.1. The molecule has 0 saturated carbocycles. The number of hydrogen-bond acceptors (Lipinski definition) is 4. The molecule has 0 fully saturated rings. The van der Waals surface area contributed by atoms with Crippen LogP contribution in [0.5, 0.6) is 0 Å². The lowest BCUT2D eigenvalue weighted by Crippen LogP contribution is -2.34. The maximum Gasteiger partial charge on any atom is 0.153 e. The fourth-order valence-corrected chi connectivity index (χ4v) is 2.28. The van der Waals surface area contributed by atoms with E-state index in [-0.39, 0.29) is 6.61 Å². The molecule has 0 saturated heterocycles. The topological polar surface area (TPSA) is 69.7 Å². The molecule has 102 valence electrons. The van der Waals surface area contributed by atoms with Crippen molar-refractivity contribution < 1.29 is 10.2 Å². The lowest BCUT2D eigenvalue weighted by atomic mass is 10.0. The van der Waals surface area contributed by atoms with Crippen LogP contribution < -0.4 is 10.6 Å². The Kier molecular flexibility index (Phi) is 4.24. The fraction of sp³-hybridized carbons (Fsp3) is 0.333. The van der Waals surface area contributed by atoms with E-state index in [2.05, 4.69) is 0 Å². The van der Waals surface area contributed by atoms with E-state index in [1.807, 2.05) is 48.4 Å². The van der Waals surface area contributed by atoms with Gasteiger partial charge in [-0.05, 0) is 55.2 Å². The maximum atomic E-state index is 10.4. The van der Waals surface area contributed by atoms with Crippen LogP contribution in [0.15, 0.2) is 42.1 Å². The first-order valence-electron chi connectivity index (χ1n) is 6.44. The molecule has 1 unspecified atom stereocenters. The summed E-state index contributed by atoms with van der Waals surface area (Å²) in [5.74, 6) is 0. The Balaban J connectivity index is 2.22. The number of aliphatic hydroxyl groups is 2. The number of anilines is 2. The van der Waals surface area contributed by atoms with Crippen LogP contribution in [0.1, 0.15) is 18.4 Å². The number of allylic oxidation sites excluding steroid dienone is 2. The number of aryl methyl sites for hydroxylation is 1. The number of hydrogen-bond donors (Lipinski definition) is 3. The highest BCUT2D eigenvalue weighted by Gasteiger charge is 2.21. The third-order valence-corrected chi connectivity index (χ3v) is 3.27. The predicted octanol–water partition coefficient (Wildman–Crippen LogP) is 1.93. The molecule has 19 heavy (non-hydrogen) atoms. The standard InChI is InChI=1S/C15H20N2O2/c1-11-10-13(16)6-7-14(11)17-8-2-4-12(15(17)19)5-3-9-18/h2,4,6-8,10,15,18-19H,3,5,9,16H2,1H3. The van der Waals surface area contributed by atoms with Crippen molar-refractivity contribution in [1.29, 1.82) is 0 Å². The summed E-state index contributed by atoms with van der Waals surface area (Å²) in [6, 6.07) is 5.63. The summed E-state index contributed by atoms with van der Waals surface area (Å²) in [5, 5.41) is 19.3. The zero-order chi connectivity index (χ0) is 13.8. The second-order valence-corrected chi connectivity index (χ2v) is 4.74. The lowest BCUT2D eigenvalue weighted by Gasteiger charge is -2.32. The van der Waals surface area contributed by atoms with Crippen LogP contribution in [0.3, 0.4) is 0 Å². The van der Waals surface area contributed by atoms with E-state index in [0.29, 0.717) is 18.5 Å².